The molecule has 0 saturated carbocycles. The fraction of sp³-hybridized carbons (Fsp3) is 0.812. The maximum absolute atomic E-state index is 11.8. The highest BCUT2D eigenvalue weighted by Crippen LogP contribution is 2.18. The normalized spacial score (nSPS) is 15.5. The van der Waals surface area contributed by atoms with Crippen molar-refractivity contribution in [2.75, 3.05) is 46.9 Å². The fourth-order valence-corrected chi connectivity index (χ4v) is 2.49. The quantitative estimate of drug-likeness (QED) is 0.284. The molecule has 1 heterocycles. The van der Waals surface area contributed by atoms with Gasteiger partial charge in [-0.25, -0.2) is 0 Å². The van der Waals surface area contributed by atoms with Gasteiger partial charge in [0.15, 0.2) is 5.96 Å². The topological polar surface area (TPSA) is 74.2 Å². The third-order valence-electron chi connectivity index (χ3n) is 3.84. The van der Waals surface area contributed by atoms with Gasteiger partial charge in [-0.1, -0.05) is 0 Å². The van der Waals surface area contributed by atoms with E-state index in [2.05, 4.69) is 15.2 Å². The predicted octanol–water partition coefficient (Wildman–Crippen LogP) is 1.32. The van der Waals surface area contributed by atoms with E-state index in [4.69, 9.17) is 4.74 Å². The van der Waals surface area contributed by atoms with Gasteiger partial charge in [-0.3, -0.25) is 14.6 Å². The van der Waals surface area contributed by atoms with Crippen LogP contribution in [0.3, 0.4) is 0 Å². The molecule has 140 valence electrons. The highest BCUT2D eigenvalue weighted by molar-refractivity contribution is 14.0. The third kappa shape index (κ3) is 7.67. The van der Waals surface area contributed by atoms with Crippen LogP contribution in [-0.4, -0.2) is 74.5 Å². The van der Waals surface area contributed by atoms with Crippen LogP contribution >= 0.6 is 24.0 Å². The minimum atomic E-state index is -0.0920. The van der Waals surface area contributed by atoms with Gasteiger partial charge < -0.3 is 19.9 Å². The van der Waals surface area contributed by atoms with Gasteiger partial charge in [-0.2, -0.15) is 0 Å². The summed E-state index contributed by atoms with van der Waals surface area (Å²) in [6.07, 6.45) is 1.96. The van der Waals surface area contributed by atoms with Gasteiger partial charge in [0.2, 0.25) is 5.91 Å². The molecule has 0 bridgehead atoms. The summed E-state index contributed by atoms with van der Waals surface area (Å²) < 4.78 is 5.09. The average Bonchev–Trinajstić information content (AvgIpc) is 2.54. The Morgan fingerprint density at radius 2 is 1.88 bits per heavy atom. The van der Waals surface area contributed by atoms with Crippen molar-refractivity contribution >= 4 is 41.8 Å². The summed E-state index contributed by atoms with van der Waals surface area (Å²) in [5.41, 5.74) is 0. The molecule has 0 radical (unpaired) electrons. The van der Waals surface area contributed by atoms with Crippen molar-refractivity contribution < 1.29 is 14.3 Å². The molecule has 0 aromatic heterocycles. The molecule has 1 fully saturated rings. The molecular weight excluding hydrogens is 423 g/mol. The maximum Gasteiger partial charge on any atom is 0.309 e. The molecular formula is C16H31IN4O3. The first-order valence-corrected chi connectivity index (χ1v) is 8.39. The van der Waals surface area contributed by atoms with Crippen molar-refractivity contribution in [2.45, 2.75) is 33.1 Å². The molecule has 0 unspecified atom stereocenters. The molecule has 0 atom stereocenters. The van der Waals surface area contributed by atoms with Crippen molar-refractivity contribution in [3.8, 4) is 0 Å². The molecule has 0 aromatic carbocycles. The summed E-state index contributed by atoms with van der Waals surface area (Å²) in [6, 6.07) is 0. The lowest BCUT2D eigenvalue weighted by Gasteiger charge is -2.33. The molecule has 1 saturated heterocycles. The Kier molecular flexibility index (Phi) is 11.8. The summed E-state index contributed by atoms with van der Waals surface area (Å²) in [7, 11) is 3.49. The lowest BCUT2D eigenvalue weighted by molar-refractivity contribution is -0.149. The largest absolute Gasteiger partial charge is 0.466 e. The SMILES string of the molecule is CCNC(=NCCC(=O)N(C)C)N1CCC(C(=O)OCC)CC1.I. The van der Waals surface area contributed by atoms with E-state index in [0.29, 0.717) is 19.6 Å². The van der Waals surface area contributed by atoms with Crippen LogP contribution in [0.1, 0.15) is 33.1 Å². The Labute approximate surface area is 162 Å². The Morgan fingerprint density at radius 1 is 1.25 bits per heavy atom. The summed E-state index contributed by atoms with van der Waals surface area (Å²) in [5.74, 6) is 0.794. The number of carbonyl (C=O) groups is 2. The lowest BCUT2D eigenvalue weighted by atomic mass is 9.97. The second kappa shape index (κ2) is 12.3. The molecule has 1 rings (SSSR count). The molecule has 1 N–H and O–H groups in total. The number of guanidine groups is 1. The molecule has 1 aliphatic heterocycles. The number of aliphatic imine (C=N–C) groups is 1. The van der Waals surface area contributed by atoms with Crippen LogP contribution in [0.2, 0.25) is 0 Å². The summed E-state index contributed by atoms with van der Waals surface area (Å²) in [4.78, 5) is 31.7. The highest BCUT2D eigenvalue weighted by atomic mass is 127. The van der Waals surface area contributed by atoms with E-state index in [1.54, 1.807) is 19.0 Å². The van der Waals surface area contributed by atoms with Gasteiger partial charge >= 0.3 is 5.97 Å². The monoisotopic (exact) mass is 454 g/mol. The van der Waals surface area contributed by atoms with Crippen LogP contribution in [0, 0.1) is 5.92 Å². The van der Waals surface area contributed by atoms with Crippen molar-refractivity contribution in [2.24, 2.45) is 10.9 Å². The molecule has 0 spiro atoms. The average molecular weight is 454 g/mol. The number of likely N-dealkylation sites (tertiary alicyclic amines) is 1. The van der Waals surface area contributed by atoms with Crippen LogP contribution in [0.15, 0.2) is 4.99 Å². The van der Waals surface area contributed by atoms with Crippen molar-refractivity contribution in [3.05, 3.63) is 0 Å². The van der Waals surface area contributed by atoms with Crippen LogP contribution in [-0.2, 0) is 14.3 Å². The number of piperidine rings is 1. The second-order valence-electron chi connectivity index (χ2n) is 5.79. The molecule has 0 aliphatic carbocycles. The lowest BCUT2D eigenvalue weighted by Crippen LogP contribution is -2.46. The second-order valence-corrected chi connectivity index (χ2v) is 5.79. The molecule has 8 heteroatoms. The van der Waals surface area contributed by atoms with Gasteiger partial charge in [-0.05, 0) is 26.7 Å². The fourth-order valence-electron chi connectivity index (χ4n) is 2.49. The van der Waals surface area contributed by atoms with Crippen LogP contribution in [0.4, 0.5) is 0 Å². The van der Waals surface area contributed by atoms with E-state index in [0.717, 1.165) is 38.4 Å². The third-order valence-corrected chi connectivity index (χ3v) is 3.84. The zero-order valence-electron chi connectivity index (χ0n) is 15.2. The number of carbonyl (C=O) groups excluding carboxylic acids is 2. The van der Waals surface area contributed by atoms with E-state index < -0.39 is 0 Å². The Bertz CT molecular complexity index is 422. The number of ether oxygens (including phenoxy) is 1. The van der Waals surface area contributed by atoms with Gasteiger partial charge in [0.1, 0.15) is 0 Å². The number of amides is 1. The van der Waals surface area contributed by atoms with Gasteiger partial charge in [-0.15, -0.1) is 24.0 Å². The Balaban J connectivity index is 0.00000529. The zero-order valence-corrected chi connectivity index (χ0v) is 17.5. The Hall–Kier alpha value is -1.06. The minimum Gasteiger partial charge on any atom is -0.466 e. The number of nitrogens with one attached hydrogen (secondary N) is 1. The number of halogens is 1. The molecule has 1 amide bonds. The molecule has 24 heavy (non-hydrogen) atoms. The van der Waals surface area contributed by atoms with Gasteiger partial charge in [0, 0.05) is 40.2 Å². The van der Waals surface area contributed by atoms with E-state index in [1.807, 2.05) is 13.8 Å². The van der Waals surface area contributed by atoms with Crippen molar-refractivity contribution in [1.82, 2.24) is 15.1 Å². The van der Waals surface area contributed by atoms with Gasteiger partial charge in [0.25, 0.3) is 0 Å². The van der Waals surface area contributed by atoms with E-state index in [9.17, 15) is 9.59 Å². The number of esters is 1. The minimum absolute atomic E-state index is 0. The number of hydrogen-bond donors (Lipinski definition) is 1. The molecule has 0 aromatic rings. The Morgan fingerprint density at radius 3 is 2.38 bits per heavy atom. The molecule has 7 nitrogen and oxygen atoms in total. The summed E-state index contributed by atoms with van der Waals surface area (Å²) in [5, 5.41) is 3.26. The van der Waals surface area contributed by atoms with Crippen LogP contribution in [0.25, 0.3) is 0 Å². The van der Waals surface area contributed by atoms with Crippen molar-refractivity contribution in [1.29, 1.82) is 0 Å². The smallest absolute Gasteiger partial charge is 0.309 e. The summed E-state index contributed by atoms with van der Waals surface area (Å²) >= 11 is 0. The van der Waals surface area contributed by atoms with Crippen LogP contribution < -0.4 is 5.32 Å². The maximum atomic E-state index is 11.8. The van der Waals surface area contributed by atoms with E-state index in [-0.39, 0.29) is 41.8 Å². The number of rotatable bonds is 6. The van der Waals surface area contributed by atoms with E-state index >= 15 is 0 Å². The van der Waals surface area contributed by atoms with Crippen molar-refractivity contribution in [3.63, 3.8) is 0 Å². The summed E-state index contributed by atoms with van der Waals surface area (Å²) in [6.45, 7) is 7.08. The first-order valence-electron chi connectivity index (χ1n) is 8.39. The van der Waals surface area contributed by atoms with Gasteiger partial charge in [0.05, 0.1) is 19.1 Å². The number of nitrogens with zero attached hydrogens (tertiary/aromatic N) is 3. The first-order chi connectivity index (χ1) is 11.0. The highest BCUT2D eigenvalue weighted by Gasteiger charge is 2.27. The number of hydrogen-bond acceptors (Lipinski definition) is 4. The molecule has 1 aliphatic rings. The predicted molar refractivity (Wildman–Crippen MR) is 106 cm³/mol. The van der Waals surface area contributed by atoms with Crippen LogP contribution in [0.5, 0.6) is 0 Å². The van der Waals surface area contributed by atoms with E-state index in [1.165, 1.54) is 0 Å². The standard InChI is InChI=1S/C16H30N4O3.HI/c1-5-17-16(18-10-7-14(21)19(3)4)20-11-8-13(9-12-20)15(22)23-6-2;/h13H,5-12H2,1-4H3,(H,17,18);1H. The first kappa shape index (κ1) is 22.9. The zero-order chi connectivity index (χ0) is 17.2.